The van der Waals surface area contributed by atoms with E-state index in [1.807, 2.05) is 24.3 Å². The molecule has 150 valence electrons. The van der Waals surface area contributed by atoms with Gasteiger partial charge in [0, 0.05) is 22.3 Å². The lowest BCUT2D eigenvalue weighted by Crippen LogP contribution is -2.12. The standard InChI is InChI=1S/C24H23Cl2NO2/c1-3-16(2)18-7-10-21(11-8-18)27-24(28)19-6-4-5-17(13-19)15-29-23-14-20(25)9-12-22(23)26/h4-14,16H,3,15H2,1-2H3,(H,27,28). The molecule has 1 amide bonds. The summed E-state index contributed by atoms with van der Waals surface area (Å²) in [4.78, 5) is 12.6. The van der Waals surface area contributed by atoms with Gasteiger partial charge in [0.1, 0.15) is 12.4 Å². The van der Waals surface area contributed by atoms with Crippen molar-refractivity contribution in [3.05, 3.63) is 93.5 Å². The van der Waals surface area contributed by atoms with E-state index in [0.29, 0.717) is 27.3 Å². The van der Waals surface area contributed by atoms with Crippen molar-refractivity contribution in [3.63, 3.8) is 0 Å². The molecular formula is C24H23Cl2NO2. The molecular weight excluding hydrogens is 405 g/mol. The predicted octanol–water partition coefficient (Wildman–Crippen LogP) is 7.34. The first kappa shape index (κ1) is 21.2. The molecule has 29 heavy (non-hydrogen) atoms. The minimum atomic E-state index is -0.163. The summed E-state index contributed by atoms with van der Waals surface area (Å²) in [5, 5.41) is 3.98. The molecule has 0 aliphatic carbocycles. The Kier molecular flexibility index (Phi) is 7.18. The van der Waals surface area contributed by atoms with Gasteiger partial charge in [-0.2, -0.15) is 0 Å². The third-order valence-corrected chi connectivity index (χ3v) is 5.37. The molecule has 0 heterocycles. The van der Waals surface area contributed by atoms with Crippen molar-refractivity contribution in [1.82, 2.24) is 0 Å². The summed E-state index contributed by atoms with van der Waals surface area (Å²) in [6.45, 7) is 4.64. The number of hydrogen-bond acceptors (Lipinski definition) is 2. The zero-order valence-corrected chi connectivity index (χ0v) is 17.9. The van der Waals surface area contributed by atoms with Crippen LogP contribution in [0.3, 0.4) is 0 Å². The fourth-order valence-electron chi connectivity index (χ4n) is 2.89. The normalized spacial score (nSPS) is 11.7. The molecule has 0 spiro atoms. The first-order valence-electron chi connectivity index (χ1n) is 9.54. The van der Waals surface area contributed by atoms with Crippen LogP contribution in [0.5, 0.6) is 5.75 Å². The van der Waals surface area contributed by atoms with Gasteiger partial charge in [0.15, 0.2) is 0 Å². The molecule has 1 atom stereocenters. The Labute approximate surface area is 181 Å². The number of amides is 1. The molecule has 0 saturated heterocycles. The second-order valence-electron chi connectivity index (χ2n) is 6.95. The van der Waals surface area contributed by atoms with Crippen LogP contribution in [0, 0.1) is 0 Å². The zero-order valence-electron chi connectivity index (χ0n) is 16.4. The third kappa shape index (κ3) is 5.75. The summed E-state index contributed by atoms with van der Waals surface area (Å²) in [7, 11) is 0. The van der Waals surface area contributed by atoms with Crippen molar-refractivity contribution in [2.24, 2.45) is 0 Å². The molecule has 0 aliphatic heterocycles. The highest BCUT2D eigenvalue weighted by Crippen LogP contribution is 2.28. The summed E-state index contributed by atoms with van der Waals surface area (Å²) in [6, 6.07) is 20.4. The van der Waals surface area contributed by atoms with Crippen LogP contribution in [0.4, 0.5) is 5.69 Å². The van der Waals surface area contributed by atoms with E-state index < -0.39 is 0 Å². The van der Waals surface area contributed by atoms with Crippen LogP contribution in [0.1, 0.15) is 47.7 Å². The largest absolute Gasteiger partial charge is 0.487 e. The van der Waals surface area contributed by atoms with Crippen molar-refractivity contribution < 1.29 is 9.53 Å². The van der Waals surface area contributed by atoms with E-state index >= 15 is 0 Å². The van der Waals surface area contributed by atoms with Gasteiger partial charge < -0.3 is 10.1 Å². The molecule has 1 N–H and O–H groups in total. The Morgan fingerprint density at radius 2 is 1.79 bits per heavy atom. The lowest BCUT2D eigenvalue weighted by Gasteiger charge is -2.11. The Morgan fingerprint density at radius 1 is 1.03 bits per heavy atom. The molecule has 5 heteroatoms. The van der Waals surface area contributed by atoms with Gasteiger partial charge in [-0.3, -0.25) is 4.79 Å². The fraction of sp³-hybridized carbons (Fsp3) is 0.208. The molecule has 3 aromatic rings. The number of ether oxygens (including phenoxy) is 1. The maximum atomic E-state index is 12.6. The SMILES string of the molecule is CCC(C)c1ccc(NC(=O)c2cccc(COc3cc(Cl)ccc3Cl)c2)cc1. The molecule has 1 unspecified atom stereocenters. The van der Waals surface area contributed by atoms with Crippen molar-refractivity contribution in [2.75, 3.05) is 5.32 Å². The molecule has 0 aliphatic rings. The molecule has 3 aromatic carbocycles. The first-order chi connectivity index (χ1) is 14.0. The van der Waals surface area contributed by atoms with E-state index in [1.54, 1.807) is 30.3 Å². The van der Waals surface area contributed by atoms with Crippen LogP contribution in [-0.2, 0) is 6.61 Å². The highest BCUT2D eigenvalue weighted by atomic mass is 35.5. The van der Waals surface area contributed by atoms with Crippen LogP contribution in [-0.4, -0.2) is 5.91 Å². The van der Waals surface area contributed by atoms with E-state index in [0.717, 1.165) is 17.7 Å². The van der Waals surface area contributed by atoms with Gasteiger partial charge >= 0.3 is 0 Å². The number of nitrogens with one attached hydrogen (secondary N) is 1. The lowest BCUT2D eigenvalue weighted by molar-refractivity contribution is 0.102. The summed E-state index contributed by atoms with van der Waals surface area (Å²) in [6.07, 6.45) is 1.08. The van der Waals surface area contributed by atoms with Gasteiger partial charge in [-0.25, -0.2) is 0 Å². The maximum absolute atomic E-state index is 12.6. The molecule has 0 saturated carbocycles. The van der Waals surface area contributed by atoms with E-state index in [2.05, 4.69) is 31.3 Å². The Morgan fingerprint density at radius 3 is 2.52 bits per heavy atom. The maximum Gasteiger partial charge on any atom is 0.255 e. The monoisotopic (exact) mass is 427 g/mol. The molecule has 0 bridgehead atoms. The smallest absolute Gasteiger partial charge is 0.255 e. The van der Waals surface area contributed by atoms with Crippen molar-refractivity contribution in [2.45, 2.75) is 32.8 Å². The third-order valence-electron chi connectivity index (χ3n) is 4.83. The van der Waals surface area contributed by atoms with Gasteiger partial charge in [0.25, 0.3) is 5.91 Å². The van der Waals surface area contributed by atoms with E-state index in [9.17, 15) is 4.79 Å². The van der Waals surface area contributed by atoms with Crippen LogP contribution in [0.15, 0.2) is 66.7 Å². The van der Waals surface area contributed by atoms with E-state index in [-0.39, 0.29) is 12.5 Å². The van der Waals surface area contributed by atoms with Gasteiger partial charge in [-0.15, -0.1) is 0 Å². The Hall–Kier alpha value is -2.49. The summed E-state index contributed by atoms with van der Waals surface area (Å²) in [5.74, 6) is 0.851. The second kappa shape index (κ2) is 9.82. The quantitative estimate of drug-likeness (QED) is 0.428. The number of carbonyl (C=O) groups is 1. The average molecular weight is 428 g/mol. The average Bonchev–Trinajstić information content (AvgIpc) is 2.74. The van der Waals surface area contributed by atoms with Crippen molar-refractivity contribution >= 4 is 34.8 Å². The number of carbonyl (C=O) groups excluding carboxylic acids is 1. The Bertz CT molecular complexity index is 986. The second-order valence-corrected chi connectivity index (χ2v) is 7.79. The molecule has 3 rings (SSSR count). The number of benzene rings is 3. The van der Waals surface area contributed by atoms with Crippen LogP contribution >= 0.6 is 23.2 Å². The van der Waals surface area contributed by atoms with Gasteiger partial charge in [-0.1, -0.05) is 61.3 Å². The van der Waals surface area contributed by atoms with Crippen molar-refractivity contribution in [3.8, 4) is 5.75 Å². The summed E-state index contributed by atoms with van der Waals surface area (Å²) in [5.41, 5.74) is 3.47. The summed E-state index contributed by atoms with van der Waals surface area (Å²) < 4.78 is 5.75. The lowest BCUT2D eigenvalue weighted by atomic mass is 9.98. The minimum Gasteiger partial charge on any atom is -0.487 e. The highest BCUT2D eigenvalue weighted by molar-refractivity contribution is 6.34. The van der Waals surface area contributed by atoms with Gasteiger partial charge in [0.05, 0.1) is 5.02 Å². The van der Waals surface area contributed by atoms with Gasteiger partial charge in [0.2, 0.25) is 0 Å². The number of hydrogen-bond donors (Lipinski definition) is 1. The van der Waals surface area contributed by atoms with E-state index in [1.165, 1.54) is 5.56 Å². The number of anilines is 1. The van der Waals surface area contributed by atoms with Crippen molar-refractivity contribution in [1.29, 1.82) is 0 Å². The molecule has 0 aromatic heterocycles. The number of rotatable bonds is 7. The predicted molar refractivity (Wildman–Crippen MR) is 120 cm³/mol. The van der Waals surface area contributed by atoms with E-state index in [4.69, 9.17) is 27.9 Å². The van der Waals surface area contributed by atoms with Crippen LogP contribution in [0.25, 0.3) is 0 Å². The van der Waals surface area contributed by atoms with Crippen LogP contribution < -0.4 is 10.1 Å². The number of halogens is 2. The first-order valence-corrected chi connectivity index (χ1v) is 10.3. The zero-order chi connectivity index (χ0) is 20.8. The highest BCUT2D eigenvalue weighted by Gasteiger charge is 2.09. The fourth-order valence-corrected chi connectivity index (χ4v) is 3.22. The van der Waals surface area contributed by atoms with Crippen LogP contribution in [0.2, 0.25) is 10.0 Å². The molecule has 0 radical (unpaired) electrons. The minimum absolute atomic E-state index is 0.163. The van der Waals surface area contributed by atoms with Gasteiger partial charge in [-0.05, 0) is 59.9 Å². The Balaban J connectivity index is 1.65. The topological polar surface area (TPSA) is 38.3 Å². The molecule has 0 fully saturated rings. The summed E-state index contributed by atoms with van der Waals surface area (Å²) >= 11 is 12.1. The molecule has 3 nitrogen and oxygen atoms in total.